The van der Waals surface area contributed by atoms with Crippen LogP contribution in [0.1, 0.15) is 0 Å². The van der Waals surface area contributed by atoms with Gasteiger partial charge in [-0.05, 0) is 12.1 Å². The van der Waals surface area contributed by atoms with Crippen molar-refractivity contribution in [1.29, 1.82) is 0 Å². The largest absolute Gasteiger partial charge is 0.480 e. The minimum absolute atomic E-state index is 0.0649. The van der Waals surface area contributed by atoms with Crippen LogP contribution in [0.15, 0.2) is 18.2 Å². The Morgan fingerprint density at radius 1 is 1.38 bits per heavy atom. The topological polar surface area (TPSA) is 78.9 Å². The Morgan fingerprint density at radius 3 is 2.67 bits per heavy atom. The Morgan fingerprint density at radius 2 is 2.05 bits per heavy atom. The first kappa shape index (κ1) is 16.0. The monoisotopic (exact) mass is 332 g/mol. The van der Waals surface area contributed by atoms with E-state index >= 15 is 0 Å². The molecule has 1 saturated heterocycles. The summed E-state index contributed by atoms with van der Waals surface area (Å²) in [6.45, 7) is 0.766. The van der Waals surface area contributed by atoms with Gasteiger partial charge in [-0.2, -0.15) is 0 Å². The van der Waals surface area contributed by atoms with Gasteiger partial charge in [0.25, 0.3) is 0 Å². The zero-order valence-corrected chi connectivity index (χ0v) is 12.5. The molecule has 0 bridgehead atoms. The smallest absolute Gasteiger partial charge is 0.323 e. The lowest BCUT2D eigenvalue weighted by Gasteiger charge is -2.32. The number of carboxylic acid groups (broad SMARTS) is 1. The SMILES string of the molecule is O=C(CN1CCOCC1C(=O)O)Nc1c(Cl)cccc1Cl. The fourth-order valence-corrected chi connectivity index (χ4v) is 2.53. The van der Waals surface area contributed by atoms with Crippen molar-refractivity contribution in [3.8, 4) is 0 Å². The quantitative estimate of drug-likeness (QED) is 0.877. The van der Waals surface area contributed by atoms with Crippen LogP contribution in [0, 0.1) is 0 Å². The van der Waals surface area contributed by atoms with Crippen molar-refractivity contribution in [3.05, 3.63) is 28.2 Å². The van der Waals surface area contributed by atoms with Crippen LogP contribution in [0.2, 0.25) is 10.0 Å². The van der Waals surface area contributed by atoms with E-state index in [0.29, 0.717) is 28.9 Å². The van der Waals surface area contributed by atoms with Crippen molar-refractivity contribution >= 4 is 40.8 Å². The lowest BCUT2D eigenvalue weighted by atomic mass is 10.2. The third-order valence-corrected chi connectivity index (χ3v) is 3.73. The Bertz CT molecular complexity index is 533. The van der Waals surface area contributed by atoms with E-state index in [0.717, 1.165) is 0 Å². The highest BCUT2D eigenvalue weighted by Gasteiger charge is 2.30. The predicted octanol–water partition coefficient (Wildman–Crippen LogP) is 1.72. The molecule has 2 rings (SSSR count). The number of ether oxygens (including phenoxy) is 1. The Labute approximate surface area is 131 Å². The second-order valence-electron chi connectivity index (χ2n) is 4.54. The number of hydrogen-bond acceptors (Lipinski definition) is 4. The first-order chi connectivity index (χ1) is 9.99. The molecule has 1 amide bonds. The van der Waals surface area contributed by atoms with Crippen molar-refractivity contribution in [2.45, 2.75) is 6.04 Å². The summed E-state index contributed by atoms with van der Waals surface area (Å²) in [6.07, 6.45) is 0. The maximum atomic E-state index is 12.0. The molecule has 1 unspecified atom stereocenters. The van der Waals surface area contributed by atoms with Crippen LogP contribution in [0.5, 0.6) is 0 Å². The van der Waals surface area contributed by atoms with Gasteiger partial charge in [0.2, 0.25) is 5.91 Å². The summed E-state index contributed by atoms with van der Waals surface area (Å²) in [7, 11) is 0. The average Bonchev–Trinajstić information content (AvgIpc) is 2.43. The van der Waals surface area contributed by atoms with E-state index < -0.39 is 12.0 Å². The van der Waals surface area contributed by atoms with E-state index in [-0.39, 0.29) is 19.1 Å². The normalized spacial score (nSPS) is 19.2. The highest BCUT2D eigenvalue weighted by molar-refractivity contribution is 6.39. The molecule has 0 spiro atoms. The third-order valence-electron chi connectivity index (χ3n) is 3.10. The van der Waals surface area contributed by atoms with Crippen LogP contribution in [0.3, 0.4) is 0 Å². The van der Waals surface area contributed by atoms with Crippen LogP contribution in [0.4, 0.5) is 5.69 Å². The molecular formula is C13H14Cl2N2O4. The van der Waals surface area contributed by atoms with Gasteiger partial charge in [0.1, 0.15) is 6.04 Å². The summed E-state index contributed by atoms with van der Waals surface area (Å²) >= 11 is 11.9. The zero-order valence-electron chi connectivity index (χ0n) is 11.0. The van der Waals surface area contributed by atoms with E-state index in [2.05, 4.69) is 5.32 Å². The Hall–Kier alpha value is -1.34. The number of carbonyl (C=O) groups is 2. The number of amides is 1. The third kappa shape index (κ3) is 4.07. The molecule has 1 heterocycles. The summed E-state index contributed by atoms with van der Waals surface area (Å²) in [5, 5.41) is 12.4. The second-order valence-corrected chi connectivity index (χ2v) is 5.36. The molecule has 1 atom stereocenters. The maximum Gasteiger partial charge on any atom is 0.323 e. The van der Waals surface area contributed by atoms with E-state index in [1.165, 1.54) is 0 Å². The molecule has 0 saturated carbocycles. The van der Waals surface area contributed by atoms with E-state index in [9.17, 15) is 9.59 Å². The molecule has 2 N–H and O–H groups in total. The molecule has 21 heavy (non-hydrogen) atoms. The maximum absolute atomic E-state index is 12.0. The first-order valence-electron chi connectivity index (χ1n) is 6.27. The van der Waals surface area contributed by atoms with E-state index in [1.807, 2.05) is 0 Å². The Kier molecular flexibility index (Phi) is 5.41. The average molecular weight is 333 g/mol. The van der Waals surface area contributed by atoms with Crippen molar-refractivity contribution in [2.24, 2.45) is 0 Å². The molecule has 1 aromatic rings. The number of carboxylic acids is 1. The number of carbonyl (C=O) groups excluding carboxylic acids is 1. The minimum atomic E-state index is -1.02. The number of nitrogens with one attached hydrogen (secondary N) is 1. The highest BCUT2D eigenvalue weighted by Crippen LogP contribution is 2.29. The van der Waals surface area contributed by atoms with Gasteiger partial charge in [-0.25, -0.2) is 0 Å². The minimum Gasteiger partial charge on any atom is -0.480 e. The summed E-state index contributed by atoms with van der Waals surface area (Å²) in [4.78, 5) is 24.7. The molecule has 1 aromatic carbocycles. The Balaban J connectivity index is 2.02. The summed E-state index contributed by atoms with van der Waals surface area (Å²) in [6, 6.07) is 4.06. The first-order valence-corrected chi connectivity index (χ1v) is 7.03. The molecule has 8 heteroatoms. The van der Waals surface area contributed by atoms with Gasteiger partial charge < -0.3 is 15.2 Å². The number of para-hydroxylation sites is 1. The van der Waals surface area contributed by atoms with Crippen molar-refractivity contribution in [3.63, 3.8) is 0 Å². The number of rotatable bonds is 4. The van der Waals surface area contributed by atoms with Crippen LogP contribution in [0.25, 0.3) is 0 Å². The fraction of sp³-hybridized carbons (Fsp3) is 0.385. The zero-order chi connectivity index (χ0) is 15.4. The number of benzene rings is 1. The lowest BCUT2D eigenvalue weighted by molar-refractivity contribution is -0.150. The molecule has 1 aliphatic heterocycles. The number of morpholine rings is 1. The predicted molar refractivity (Wildman–Crippen MR) is 78.9 cm³/mol. The van der Waals surface area contributed by atoms with E-state index in [1.54, 1.807) is 23.1 Å². The second kappa shape index (κ2) is 7.09. The van der Waals surface area contributed by atoms with Crippen molar-refractivity contribution < 1.29 is 19.4 Å². The number of hydrogen-bond donors (Lipinski definition) is 2. The molecule has 0 aromatic heterocycles. The molecule has 1 aliphatic rings. The molecule has 114 valence electrons. The van der Waals surface area contributed by atoms with Crippen molar-refractivity contribution in [1.82, 2.24) is 4.90 Å². The number of anilines is 1. The van der Waals surface area contributed by atoms with Gasteiger partial charge in [-0.15, -0.1) is 0 Å². The summed E-state index contributed by atoms with van der Waals surface area (Å²) < 4.78 is 5.12. The van der Waals surface area contributed by atoms with E-state index in [4.69, 9.17) is 33.0 Å². The van der Waals surface area contributed by atoms with Crippen LogP contribution in [-0.2, 0) is 14.3 Å². The number of halogens is 2. The van der Waals surface area contributed by atoms with Crippen LogP contribution < -0.4 is 5.32 Å². The molecule has 0 radical (unpaired) electrons. The molecule has 6 nitrogen and oxygen atoms in total. The summed E-state index contributed by atoms with van der Waals surface area (Å²) in [5.74, 6) is -1.39. The number of aliphatic carboxylic acids is 1. The molecular weight excluding hydrogens is 319 g/mol. The standard InChI is InChI=1S/C13H14Cl2N2O4/c14-8-2-1-3-9(15)12(8)16-11(18)6-17-4-5-21-7-10(17)13(19)20/h1-3,10H,4-7H2,(H,16,18)(H,19,20). The van der Waals surface area contributed by atoms with Gasteiger partial charge >= 0.3 is 5.97 Å². The van der Waals surface area contributed by atoms with Crippen LogP contribution >= 0.6 is 23.2 Å². The summed E-state index contributed by atoms with van der Waals surface area (Å²) in [5.41, 5.74) is 0.325. The number of nitrogens with zero attached hydrogens (tertiary/aromatic N) is 1. The molecule has 1 fully saturated rings. The highest BCUT2D eigenvalue weighted by atomic mass is 35.5. The lowest BCUT2D eigenvalue weighted by Crippen LogP contribution is -2.52. The molecule has 0 aliphatic carbocycles. The van der Waals surface area contributed by atoms with Gasteiger partial charge in [0, 0.05) is 6.54 Å². The van der Waals surface area contributed by atoms with Gasteiger partial charge in [0.05, 0.1) is 35.5 Å². The van der Waals surface area contributed by atoms with Crippen LogP contribution in [-0.4, -0.2) is 54.2 Å². The van der Waals surface area contributed by atoms with Gasteiger partial charge in [-0.3, -0.25) is 14.5 Å². The van der Waals surface area contributed by atoms with Gasteiger partial charge in [0.15, 0.2) is 0 Å². The van der Waals surface area contributed by atoms with Gasteiger partial charge in [-0.1, -0.05) is 29.3 Å². The van der Waals surface area contributed by atoms with Crippen molar-refractivity contribution in [2.75, 3.05) is 31.6 Å². The fourth-order valence-electron chi connectivity index (χ4n) is 2.04.